The Bertz CT molecular complexity index is 574. The standard InChI is InChI=1S/C22H34O3/c1-6-25-21(24)19(10-8-16-23)13-11-17(2)12-14-20-18(3)9-7-15-22(20,4)5/h11-14,23H,6-10,15-16H2,1-5H3/b14-12+,17-11+,19-13-. The second-order valence-electron chi connectivity index (χ2n) is 7.41. The summed E-state index contributed by atoms with van der Waals surface area (Å²) in [7, 11) is 0. The van der Waals surface area contributed by atoms with Crippen molar-refractivity contribution in [2.45, 2.75) is 66.7 Å². The summed E-state index contributed by atoms with van der Waals surface area (Å²) in [6.45, 7) is 11.1. The number of aliphatic hydroxyl groups is 1. The zero-order valence-corrected chi connectivity index (χ0v) is 16.5. The highest BCUT2D eigenvalue weighted by molar-refractivity contribution is 5.88. The third kappa shape index (κ3) is 7.03. The summed E-state index contributed by atoms with van der Waals surface area (Å²) in [6, 6.07) is 0. The summed E-state index contributed by atoms with van der Waals surface area (Å²) in [4.78, 5) is 12.0. The number of rotatable bonds is 8. The van der Waals surface area contributed by atoms with Crippen molar-refractivity contribution in [3.05, 3.63) is 46.6 Å². The molecule has 0 saturated carbocycles. The van der Waals surface area contributed by atoms with Gasteiger partial charge in [-0.25, -0.2) is 4.79 Å². The van der Waals surface area contributed by atoms with Gasteiger partial charge >= 0.3 is 5.97 Å². The molecule has 25 heavy (non-hydrogen) atoms. The lowest BCUT2D eigenvalue weighted by atomic mass is 9.72. The molecule has 0 heterocycles. The van der Waals surface area contributed by atoms with Crippen LogP contribution in [-0.2, 0) is 9.53 Å². The van der Waals surface area contributed by atoms with Gasteiger partial charge in [-0.1, -0.05) is 49.3 Å². The van der Waals surface area contributed by atoms with E-state index in [1.807, 2.05) is 19.1 Å². The zero-order valence-electron chi connectivity index (χ0n) is 16.5. The molecular formula is C22H34O3. The highest BCUT2D eigenvalue weighted by Gasteiger charge is 2.26. The summed E-state index contributed by atoms with van der Waals surface area (Å²) in [5.41, 5.74) is 4.84. The van der Waals surface area contributed by atoms with Gasteiger partial charge in [-0.3, -0.25) is 0 Å². The van der Waals surface area contributed by atoms with E-state index in [1.54, 1.807) is 6.92 Å². The van der Waals surface area contributed by atoms with E-state index in [1.165, 1.54) is 30.4 Å². The van der Waals surface area contributed by atoms with Crippen LogP contribution in [0.25, 0.3) is 0 Å². The summed E-state index contributed by atoms with van der Waals surface area (Å²) in [5.74, 6) is -0.295. The maximum Gasteiger partial charge on any atom is 0.333 e. The third-order valence-corrected chi connectivity index (χ3v) is 4.74. The van der Waals surface area contributed by atoms with Crippen molar-refractivity contribution in [3.63, 3.8) is 0 Å². The van der Waals surface area contributed by atoms with Gasteiger partial charge in [-0.2, -0.15) is 0 Å². The van der Waals surface area contributed by atoms with E-state index in [9.17, 15) is 4.79 Å². The fourth-order valence-electron chi connectivity index (χ4n) is 3.26. The fraction of sp³-hybridized carbons (Fsp3) is 0.591. The number of carbonyl (C=O) groups excluding carboxylic acids is 1. The molecule has 1 aliphatic carbocycles. The van der Waals surface area contributed by atoms with Crippen LogP contribution in [0, 0.1) is 5.41 Å². The van der Waals surface area contributed by atoms with Crippen molar-refractivity contribution in [1.82, 2.24) is 0 Å². The fourth-order valence-corrected chi connectivity index (χ4v) is 3.26. The first-order chi connectivity index (χ1) is 11.8. The van der Waals surface area contributed by atoms with Gasteiger partial charge in [0.1, 0.15) is 0 Å². The van der Waals surface area contributed by atoms with Crippen molar-refractivity contribution < 1.29 is 14.6 Å². The normalized spacial score (nSPS) is 18.8. The van der Waals surface area contributed by atoms with Gasteiger partial charge in [-0.05, 0) is 63.9 Å². The topological polar surface area (TPSA) is 46.5 Å². The molecule has 0 spiro atoms. The minimum atomic E-state index is -0.295. The lowest BCUT2D eigenvalue weighted by molar-refractivity contribution is -0.138. The van der Waals surface area contributed by atoms with Crippen LogP contribution < -0.4 is 0 Å². The molecule has 3 heteroatoms. The molecule has 0 fully saturated rings. The van der Waals surface area contributed by atoms with E-state index in [0.717, 1.165) is 5.57 Å². The van der Waals surface area contributed by atoms with Crippen LogP contribution in [-0.4, -0.2) is 24.3 Å². The summed E-state index contributed by atoms with van der Waals surface area (Å²) in [5, 5.41) is 9.00. The number of allylic oxidation sites excluding steroid dienone is 7. The number of esters is 1. The number of aliphatic hydroxyl groups excluding tert-OH is 1. The summed E-state index contributed by atoms with van der Waals surface area (Å²) < 4.78 is 5.09. The Morgan fingerprint density at radius 1 is 1.32 bits per heavy atom. The average molecular weight is 347 g/mol. The Labute approximate surface area is 153 Å². The van der Waals surface area contributed by atoms with Crippen molar-refractivity contribution in [2.24, 2.45) is 5.41 Å². The average Bonchev–Trinajstić information content (AvgIpc) is 2.54. The van der Waals surface area contributed by atoms with Crippen molar-refractivity contribution in [1.29, 1.82) is 0 Å². The molecule has 140 valence electrons. The van der Waals surface area contributed by atoms with Crippen LogP contribution >= 0.6 is 0 Å². The Morgan fingerprint density at radius 2 is 2.04 bits per heavy atom. The molecule has 3 nitrogen and oxygen atoms in total. The van der Waals surface area contributed by atoms with E-state index in [2.05, 4.69) is 32.9 Å². The lowest BCUT2D eigenvalue weighted by Crippen LogP contribution is -2.19. The van der Waals surface area contributed by atoms with Crippen LogP contribution in [0.15, 0.2) is 46.6 Å². The highest BCUT2D eigenvalue weighted by Crippen LogP contribution is 2.40. The van der Waals surface area contributed by atoms with Crippen LogP contribution in [0.5, 0.6) is 0 Å². The first-order valence-electron chi connectivity index (χ1n) is 9.35. The van der Waals surface area contributed by atoms with Crippen LogP contribution in [0.1, 0.15) is 66.7 Å². The van der Waals surface area contributed by atoms with Crippen LogP contribution in [0.4, 0.5) is 0 Å². The van der Waals surface area contributed by atoms with Crippen molar-refractivity contribution in [2.75, 3.05) is 13.2 Å². The summed E-state index contributed by atoms with van der Waals surface area (Å²) in [6.07, 6.45) is 12.9. The SMILES string of the molecule is CCOC(=O)\C(=C/C=C(C)/C=C/C1=C(C)CCCC1(C)C)CCCO. The molecule has 0 aromatic carbocycles. The van der Waals surface area contributed by atoms with Crippen molar-refractivity contribution >= 4 is 5.97 Å². The van der Waals surface area contributed by atoms with Gasteiger partial charge in [0.25, 0.3) is 0 Å². The molecule has 0 atom stereocenters. The predicted molar refractivity (Wildman–Crippen MR) is 104 cm³/mol. The van der Waals surface area contributed by atoms with E-state index < -0.39 is 0 Å². The smallest absolute Gasteiger partial charge is 0.333 e. The van der Waals surface area contributed by atoms with Gasteiger partial charge in [0, 0.05) is 12.2 Å². The highest BCUT2D eigenvalue weighted by atomic mass is 16.5. The Kier molecular flexibility index (Phi) is 8.91. The predicted octanol–water partition coefficient (Wildman–Crippen LogP) is 5.28. The zero-order chi connectivity index (χ0) is 18.9. The second-order valence-corrected chi connectivity index (χ2v) is 7.41. The van der Waals surface area contributed by atoms with E-state index in [-0.39, 0.29) is 18.0 Å². The molecular weight excluding hydrogens is 312 g/mol. The molecule has 1 N–H and O–H groups in total. The van der Waals surface area contributed by atoms with Gasteiger partial charge in [0.05, 0.1) is 6.61 Å². The lowest BCUT2D eigenvalue weighted by Gasteiger charge is -2.32. The van der Waals surface area contributed by atoms with Gasteiger partial charge in [0.15, 0.2) is 0 Å². The second kappa shape index (κ2) is 10.4. The molecule has 0 aromatic rings. The maximum atomic E-state index is 12.0. The summed E-state index contributed by atoms with van der Waals surface area (Å²) >= 11 is 0. The molecule has 1 rings (SSSR count). The number of ether oxygens (including phenoxy) is 1. The van der Waals surface area contributed by atoms with E-state index in [4.69, 9.17) is 9.84 Å². The first-order valence-corrected chi connectivity index (χ1v) is 9.35. The third-order valence-electron chi connectivity index (χ3n) is 4.74. The first kappa shape index (κ1) is 21.4. The van der Waals surface area contributed by atoms with E-state index in [0.29, 0.717) is 25.0 Å². The largest absolute Gasteiger partial charge is 0.463 e. The van der Waals surface area contributed by atoms with Crippen molar-refractivity contribution in [3.8, 4) is 0 Å². The van der Waals surface area contributed by atoms with E-state index >= 15 is 0 Å². The quantitative estimate of drug-likeness (QED) is 0.369. The Balaban J connectivity index is 2.91. The molecule has 0 amide bonds. The molecule has 1 aliphatic rings. The molecule has 0 radical (unpaired) electrons. The van der Waals surface area contributed by atoms with Crippen LogP contribution in [0.3, 0.4) is 0 Å². The van der Waals surface area contributed by atoms with Crippen LogP contribution in [0.2, 0.25) is 0 Å². The molecule has 0 aliphatic heterocycles. The van der Waals surface area contributed by atoms with Gasteiger partial charge < -0.3 is 9.84 Å². The number of hydrogen-bond acceptors (Lipinski definition) is 3. The Hall–Kier alpha value is -1.61. The maximum absolute atomic E-state index is 12.0. The molecule has 0 bridgehead atoms. The van der Waals surface area contributed by atoms with Gasteiger partial charge in [0.2, 0.25) is 0 Å². The minimum absolute atomic E-state index is 0.0713. The monoisotopic (exact) mass is 346 g/mol. The molecule has 0 unspecified atom stereocenters. The number of carbonyl (C=O) groups is 1. The Morgan fingerprint density at radius 3 is 2.64 bits per heavy atom. The number of hydrogen-bond donors (Lipinski definition) is 1. The molecule has 0 aromatic heterocycles. The molecule has 0 saturated heterocycles. The van der Waals surface area contributed by atoms with Gasteiger partial charge in [-0.15, -0.1) is 0 Å². The minimum Gasteiger partial charge on any atom is -0.463 e.